The molecule has 0 saturated heterocycles. The van der Waals surface area contributed by atoms with E-state index >= 15 is 0 Å². The SMILES string of the molecule is COc1ccccc1CN(C)c1cc(C(C)=O)ccc1S(C)(=O)=O. The van der Waals surface area contributed by atoms with Gasteiger partial charge < -0.3 is 9.64 Å². The Hall–Kier alpha value is -2.34. The molecule has 0 aliphatic carbocycles. The van der Waals surface area contributed by atoms with E-state index in [0.717, 1.165) is 17.6 Å². The molecule has 128 valence electrons. The summed E-state index contributed by atoms with van der Waals surface area (Å²) in [6, 6.07) is 12.2. The second-order valence-corrected chi connectivity index (χ2v) is 7.66. The molecule has 2 rings (SSSR count). The molecule has 0 amide bonds. The predicted molar refractivity (Wildman–Crippen MR) is 94.7 cm³/mol. The Morgan fingerprint density at radius 1 is 1.17 bits per heavy atom. The molecule has 5 nitrogen and oxygen atoms in total. The van der Waals surface area contributed by atoms with E-state index in [1.165, 1.54) is 13.0 Å². The molecule has 0 saturated carbocycles. The van der Waals surface area contributed by atoms with Gasteiger partial charge in [-0.05, 0) is 31.2 Å². The van der Waals surface area contributed by atoms with Gasteiger partial charge in [0, 0.05) is 31.0 Å². The Morgan fingerprint density at radius 3 is 2.42 bits per heavy atom. The van der Waals surface area contributed by atoms with E-state index in [2.05, 4.69) is 0 Å². The fourth-order valence-corrected chi connectivity index (χ4v) is 3.43. The average Bonchev–Trinajstić information content (AvgIpc) is 2.53. The second-order valence-electron chi connectivity index (χ2n) is 5.68. The number of benzene rings is 2. The van der Waals surface area contributed by atoms with Crippen LogP contribution in [-0.4, -0.2) is 34.6 Å². The molecule has 0 fully saturated rings. The van der Waals surface area contributed by atoms with Gasteiger partial charge in [0.2, 0.25) is 0 Å². The fourth-order valence-electron chi connectivity index (χ4n) is 2.52. The van der Waals surface area contributed by atoms with Crippen LogP contribution in [0.3, 0.4) is 0 Å². The van der Waals surface area contributed by atoms with E-state index in [9.17, 15) is 13.2 Å². The van der Waals surface area contributed by atoms with Crippen LogP contribution in [-0.2, 0) is 16.4 Å². The summed E-state index contributed by atoms with van der Waals surface area (Å²) in [5.41, 5.74) is 1.90. The highest BCUT2D eigenvalue weighted by Gasteiger charge is 2.19. The van der Waals surface area contributed by atoms with Crippen LogP contribution in [0.1, 0.15) is 22.8 Å². The van der Waals surface area contributed by atoms with Crippen LogP contribution >= 0.6 is 0 Å². The third-order valence-corrected chi connectivity index (χ3v) is 4.92. The van der Waals surface area contributed by atoms with Crippen molar-refractivity contribution in [3.8, 4) is 5.75 Å². The number of rotatable bonds is 6. The summed E-state index contributed by atoms with van der Waals surface area (Å²) in [5, 5.41) is 0. The molecular weight excluding hydrogens is 326 g/mol. The van der Waals surface area contributed by atoms with E-state index in [0.29, 0.717) is 17.8 Å². The van der Waals surface area contributed by atoms with E-state index in [1.54, 1.807) is 31.2 Å². The largest absolute Gasteiger partial charge is 0.496 e. The van der Waals surface area contributed by atoms with E-state index in [1.807, 2.05) is 24.3 Å². The van der Waals surface area contributed by atoms with Crippen molar-refractivity contribution in [2.24, 2.45) is 0 Å². The molecule has 2 aromatic rings. The number of carbonyl (C=O) groups excluding carboxylic acids is 1. The lowest BCUT2D eigenvalue weighted by molar-refractivity contribution is 0.101. The molecular formula is C18H21NO4S. The first-order chi connectivity index (χ1) is 11.2. The summed E-state index contributed by atoms with van der Waals surface area (Å²) in [7, 11) is -0.0267. The van der Waals surface area contributed by atoms with Gasteiger partial charge in [-0.15, -0.1) is 0 Å². The van der Waals surface area contributed by atoms with Crippen molar-refractivity contribution in [2.45, 2.75) is 18.4 Å². The molecule has 0 aliphatic rings. The first kappa shape index (κ1) is 18.0. The van der Waals surface area contributed by atoms with Crippen LogP contribution in [0.4, 0.5) is 5.69 Å². The van der Waals surface area contributed by atoms with Gasteiger partial charge in [0.15, 0.2) is 15.6 Å². The summed E-state index contributed by atoms with van der Waals surface area (Å²) >= 11 is 0. The molecule has 0 unspecified atom stereocenters. The zero-order valence-corrected chi connectivity index (χ0v) is 15.1. The molecule has 0 radical (unpaired) electrons. The third-order valence-electron chi connectivity index (χ3n) is 3.78. The Labute approximate surface area is 142 Å². The molecule has 0 aromatic heterocycles. The number of anilines is 1. The average molecular weight is 347 g/mol. The molecule has 0 aliphatic heterocycles. The molecule has 6 heteroatoms. The van der Waals surface area contributed by atoms with Crippen molar-refractivity contribution in [1.82, 2.24) is 0 Å². The monoisotopic (exact) mass is 347 g/mol. The molecule has 0 heterocycles. The van der Waals surface area contributed by atoms with Gasteiger partial charge in [0.1, 0.15) is 5.75 Å². The number of sulfone groups is 1. The quantitative estimate of drug-likeness (QED) is 0.752. The predicted octanol–water partition coefficient (Wildman–Crippen LogP) is 2.94. The minimum atomic E-state index is -3.41. The van der Waals surface area contributed by atoms with E-state index in [4.69, 9.17) is 4.74 Å². The Balaban J connectivity index is 2.48. The summed E-state index contributed by atoms with van der Waals surface area (Å²) in [5.74, 6) is 0.620. The van der Waals surface area contributed by atoms with Gasteiger partial charge in [0.25, 0.3) is 0 Å². The number of methoxy groups -OCH3 is 1. The zero-order valence-electron chi connectivity index (χ0n) is 14.2. The maximum atomic E-state index is 12.1. The number of ether oxygens (including phenoxy) is 1. The molecule has 24 heavy (non-hydrogen) atoms. The minimum absolute atomic E-state index is 0.109. The smallest absolute Gasteiger partial charge is 0.177 e. The standard InChI is InChI=1S/C18H21NO4S/c1-13(20)14-9-10-18(24(4,21)22)16(11-14)19(2)12-15-7-5-6-8-17(15)23-3/h5-11H,12H2,1-4H3. The molecule has 0 bridgehead atoms. The lowest BCUT2D eigenvalue weighted by Crippen LogP contribution is -2.20. The third kappa shape index (κ3) is 3.94. The van der Waals surface area contributed by atoms with Crippen LogP contribution in [0.5, 0.6) is 5.75 Å². The number of carbonyl (C=O) groups is 1. The summed E-state index contributed by atoms with van der Waals surface area (Å²) < 4.78 is 29.5. The summed E-state index contributed by atoms with van der Waals surface area (Å²) in [4.78, 5) is 13.7. The van der Waals surface area contributed by atoms with Gasteiger partial charge in [0.05, 0.1) is 17.7 Å². The van der Waals surface area contributed by atoms with Gasteiger partial charge in [-0.25, -0.2) is 8.42 Å². The first-order valence-corrected chi connectivity index (χ1v) is 9.31. The van der Waals surface area contributed by atoms with Gasteiger partial charge in [-0.1, -0.05) is 18.2 Å². The Kier molecular flexibility index (Phi) is 5.29. The maximum absolute atomic E-state index is 12.1. The van der Waals surface area contributed by atoms with Crippen molar-refractivity contribution in [1.29, 1.82) is 0 Å². The number of ketones is 1. The van der Waals surface area contributed by atoms with Crippen LogP contribution in [0.25, 0.3) is 0 Å². The topological polar surface area (TPSA) is 63.7 Å². The van der Waals surface area contributed by atoms with Crippen molar-refractivity contribution >= 4 is 21.3 Å². The van der Waals surface area contributed by atoms with E-state index in [-0.39, 0.29) is 10.7 Å². The van der Waals surface area contributed by atoms with Crippen molar-refractivity contribution in [3.05, 3.63) is 53.6 Å². The van der Waals surface area contributed by atoms with Gasteiger partial charge in [-0.3, -0.25) is 4.79 Å². The Bertz CT molecular complexity index is 859. The molecule has 0 N–H and O–H groups in total. The number of para-hydroxylation sites is 1. The number of hydrogen-bond acceptors (Lipinski definition) is 5. The molecule has 0 spiro atoms. The van der Waals surface area contributed by atoms with E-state index < -0.39 is 9.84 Å². The van der Waals surface area contributed by atoms with Crippen LogP contribution in [0.2, 0.25) is 0 Å². The number of hydrogen-bond donors (Lipinski definition) is 0. The fraction of sp³-hybridized carbons (Fsp3) is 0.278. The highest BCUT2D eigenvalue weighted by atomic mass is 32.2. The normalized spacial score (nSPS) is 11.2. The minimum Gasteiger partial charge on any atom is -0.496 e. The summed E-state index contributed by atoms with van der Waals surface area (Å²) in [6.07, 6.45) is 1.16. The highest BCUT2D eigenvalue weighted by molar-refractivity contribution is 7.90. The Morgan fingerprint density at radius 2 is 1.83 bits per heavy atom. The van der Waals surface area contributed by atoms with Crippen LogP contribution in [0.15, 0.2) is 47.4 Å². The zero-order chi connectivity index (χ0) is 17.9. The second kappa shape index (κ2) is 7.05. The van der Waals surface area contributed by atoms with Gasteiger partial charge >= 0.3 is 0 Å². The molecule has 2 aromatic carbocycles. The lowest BCUT2D eigenvalue weighted by Gasteiger charge is -2.23. The summed E-state index contributed by atoms with van der Waals surface area (Å²) in [6.45, 7) is 1.91. The van der Waals surface area contributed by atoms with Crippen molar-refractivity contribution in [3.63, 3.8) is 0 Å². The lowest BCUT2D eigenvalue weighted by atomic mass is 10.1. The van der Waals surface area contributed by atoms with Gasteiger partial charge in [-0.2, -0.15) is 0 Å². The molecule has 0 atom stereocenters. The van der Waals surface area contributed by atoms with Crippen LogP contribution < -0.4 is 9.64 Å². The van der Waals surface area contributed by atoms with Crippen LogP contribution in [0, 0.1) is 0 Å². The van der Waals surface area contributed by atoms with Crippen molar-refractivity contribution < 1.29 is 17.9 Å². The first-order valence-electron chi connectivity index (χ1n) is 7.42. The number of nitrogens with zero attached hydrogens (tertiary/aromatic N) is 1. The number of Topliss-reactive ketones (excluding diaryl/α,β-unsaturated/α-hetero) is 1. The van der Waals surface area contributed by atoms with Crippen molar-refractivity contribution in [2.75, 3.05) is 25.3 Å². The maximum Gasteiger partial charge on any atom is 0.177 e. The highest BCUT2D eigenvalue weighted by Crippen LogP contribution is 2.29.